The lowest BCUT2D eigenvalue weighted by atomic mass is 10.1. The van der Waals surface area contributed by atoms with Crippen molar-refractivity contribution in [3.63, 3.8) is 0 Å². The van der Waals surface area contributed by atoms with Crippen LogP contribution in [0, 0.1) is 0 Å². The van der Waals surface area contributed by atoms with Crippen LogP contribution in [0.4, 0.5) is 11.4 Å². The molecule has 1 amide bonds. The van der Waals surface area contributed by atoms with Crippen LogP contribution in [0.1, 0.15) is 50.4 Å². The maximum Gasteiger partial charge on any atom is 0.255 e. The highest BCUT2D eigenvalue weighted by molar-refractivity contribution is 6.33. The zero-order valence-electron chi connectivity index (χ0n) is 19.4. The molecule has 0 atom stereocenters. The highest BCUT2D eigenvalue weighted by Gasteiger charge is 2.27. The standard InChI is InChI=1S/C26H34ClN3O2/c1-26(2,3)32-24-12-11-20(28-13-7-4-8-14-28)19-23(24)29-15-17-30(18-16-29)25(31)21-9-5-6-10-22(21)27/h5-6,9-12,19H,4,7-8,13-18H2,1-3H3. The van der Waals surface area contributed by atoms with Crippen LogP contribution < -0.4 is 14.5 Å². The van der Waals surface area contributed by atoms with Gasteiger partial charge in [0.05, 0.1) is 16.3 Å². The van der Waals surface area contributed by atoms with Gasteiger partial charge in [0.25, 0.3) is 5.91 Å². The molecule has 2 aliphatic rings. The molecule has 2 aromatic carbocycles. The van der Waals surface area contributed by atoms with Crippen LogP contribution in [0.25, 0.3) is 0 Å². The Balaban J connectivity index is 1.53. The van der Waals surface area contributed by atoms with Crippen molar-refractivity contribution in [2.45, 2.75) is 45.6 Å². The summed E-state index contributed by atoms with van der Waals surface area (Å²) in [6.07, 6.45) is 3.81. The fourth-order valence-corrected chi connectivity index (χ4v) is 4.69. The van der Waals surface area contributed by atoms with Crippen molar-refractivity contribution in [1.29, 1.82) is 0 Å². The Morgan fingerprint density at radius 2 is 1.56 bits per heavy atom. The number of nitrogens with zero attached hydrogens (tertiary/aromatic N) is 3. The summed E-state index contributed by atoms with van der Waals surface area (Å²) in [5.41, 5.74) is 2.68. The Labute approximate surface area is 196 Å². The largest absolute Gasteiger partial charge is 0.486 e. The van der Waals surface area contributed by atoms with Gasteiger partial charge in [0, 0.05) is 45.0 Å². The maximum absolute atomic E-state index is 13.0. The van der Waals surface area contributed by atoms with Crippen molar-refractivity contribution in [3.8, 4) is 5.75 Å². The van der Waals surface area contributed by atoms with Crippen LogP contribution in [0.15, 0.2) is 42.5 Å². The molecule has 2 heterocycles. The maximum atomic E-state index is 13.0. The first kappa shape index (κ1) is 22.8. The van der Waals surface area contributed by atoms with Crippen molar-refractivity contribution in [1.82, 2.24) is 4.90 Å². The molecule has 172 valence electrons. The van der Waals surface area contributed by atoms with E-state index in [1.165, 1.54) is 24.9 Å². The molecule has 0 unspecified atom stereocenters. The average molecular weight is 456 g/mol. The number of carbonyl (C=O) groups excluding carboxylic acids is 1. The van der Waals surface area contributed by atoms with Gasteiger partial charge < -0.3 is 19.4 Å². The van der Waals surface area contributed by atoms with E-state index in [0.717, 1.165) is 37.6 Å². The minimum atomic E-state index is -0.275. The van der Waals surface area contributed by atoms with E-state index in [2.05, 4.69) is 48.8 Å². The number of piperidine rings is 1. The number of carbonyl (C=O) groups is 1. The first-order chi connectivity index (χ1) is 15.3. The van der Waals surface area contributed by atoms with Crippen molar-refractivity contribution in [2.75, 3.05) is 49.1 Å². The molecule has 0 radical (unpaired) electrons. The molecule has 2 fully saturated rings. The smallest absolute Gasteiger partial charge is 0.255 e. The second-order valence-electron chi connectivity index (χ2n) is 9.67. The van der Waals surface area contributed by atoms with E-state index in [1.807, 2.05) is 17.0 Å². The number of benzene rings is 2. The second-order valence-corrected chi connectivity index (χ2v) is 10.1. The van der Waals surface area contributed by atoms with Gasteiger partial charge in [-0.2, -0.15) is 0 Å². The topological polar surface area (TPSA) is 36.0 Å². The monoisotopic (exact) mass is 455 g/mol. The zero-order valence-corrected chi connectivity index (χ0v) is 20.2. The van der Waals surface area contributed by atoms with Gasteiger partial charge in [0.15, 0.2) is 0 Å². The van der Waals surface area contributed by atoms with E-state index >= 15 is 0 Å². The molecule has 5 nitrogen and oxygen atoms in total. The van der Waals surface area contributed by atoms with Crippen molar-refractivity contribution < 1.29 is 9.53 Å². The number of ether oxygens (including phenoxy) is 1. The second kappa shape index (κ2) is 9.62. The van der Waals surface area contributed by atoms with Gasteiger partial charge in [0.1, 0.15) is 11.4 Å². The minimum Gasteiger partial charge on any atom is -0.486 e. The first-order valence-corrected chi connectivity index (χ1v) is 12.1. The summed E-state index contributed by atoms with van der Waals surface area (Å²) in [6, 6.07) is 13.9. The molecule has 0 bridgehead atoms. The molecule has 32 heavy (non-hydrogen) atoms. The van der Waals surface area contributed by atoms with Crippen molar-refractivity contribution >= 4 is 28.9 Å². The summed E-state index contributed by atoms with van der Waals surface area (Å²) in [5, 5.41) is 0.509. The van der Waals surface area contributed by atoms with E-state index < -0.39 is 0 Å². The molecular formula is C26H34ClN3O2. The van der Waals surface area contributed by atoms with Gasteiger partial charge in [-0.15, -0.1) is 0 Å². The van der Waals surface area contributed by atoms with E-state index in [1.54, 1.807) is 12.1 Å². The van der Waals surface area contributed by atoms with Crippen LogP contribution in [0.2, 0.25) is 5.02 Å². The molecule has 6 heteroatoms. The van der Waals surface area contributed by atoms with Crippen LogP contribution in [0.3, 0.4) is 0 Å². The number of hydrogen-bond acceptors (Lipinski definition) is 4. The number of amides is 1. The lowest BCUT2D eigenvalue weighted by Gasteiger charge is -2.38. The van der Waals surface area contributed by atoms with Gasteiger partial charge in [-0.25, -0.2) is 0 Å². The van der Waals surface area contributed by atoms with Crippen LogP contribution >= 0.6 is 11.6 Å². The average Bonchev–Trinajstić information content (AvgIpc) is 2.79. The highest BCUT2D eigenvalue weighted by atomic mass is 35.5. The molecule has 0 aliphatic carbocycles. The molecule has 0 saturated carbocycles. The molecule has 2 saturated heterocycles. The molecule has 2 aliphatic heterocycles. The van der Waals surface area contributed by atoms with Gasteiger partial charge in [-0.05, 0) is 70.4 Å². The van der Waals surface area contributed by atoms with E-state index in [4.69, 9.17) is 16.3 Å². The summed E-state index contributed by atoms with van der Waals surface area (Å²) in [6.45, 7) is 11.3. The molecular weight excluding hydrogens is 422 g/mol. The third kappa shape index (κ3) is 5.32. The van der Waals surface area contributed by atoms with E-state index in [0.29, 0.717) is 23.7 Å². The fourth-order valence-electron chi connectivity index (χ4n) is 4.47. The Morgan fingerprint density at radius 1 is 0.875 bits per heavy atom. The molecule has 2 aromatic rings. The summed E-state index contributed by atoms with van der Waals surface area (Å²) >= 11 is 6.26. The van der Waals surface area contributed by atoms with Crippen LogP contribution in [-0.4, -0.2) is 55.7 Å². The number of rotatable bonds is 4. The quantitative estimate of drug-likeness (QED) is 0.612. The molecule has 0 N–H and O–H groups in total. The normalized spacial score (nSPS) is 17.4. The van der Waals surface area contributed by atoms with Crippen LogP contribution in [-0.2, 0) is 0 Å². The zero-order chi connectivity index (χ0) is 22.7. The number of anilines is 2. The van der Waals surface area contributed by atoms with Gasteiger partial charge in [-0.3, -0.25) is 4.79 Å². The van der Waals surface area contributed by atoms with Gasteiger partial charge >= 0.3 is 0 Å². The van der Waals surface area contributed by atoms with Crippen molar-refractivity contribution in [3.05, 3.63) is 53.1 Å². The Morgan fingerprint density at radius 3 is 2.22 bits per heavy atom. The molecule has 0 aromatic heterocycles. The third-order valence-corrected chi connectivity index (χ3v) is 6.42. The minimum absolute atomic E-state index is 0.00322. The number of hydrogen-bond donors (Lipinski definition) is 0. The molecule has 4 rings (SSSR count). The summed E-state index contributed by atoms with van der Waals surface area (Å²) in [7, 11) is 0. The summed E-state index contributed by atoms with van der Waals surface area (Å²) in [4.78, 5) is 19.7. The summed E-state index contributed by atoms with van der Waals surface area (Å²) < 4.78 is 6.33. The first-order valence-electron chi connectivity index (χ1n) is 11.7. The number of piperazine rings is 1. The van der Waals surface area contributed by atoms with Gasteiger partial charge in [0.2, 0.25) is 0 Å². The Kier molecular flexibility index (Phi) is 6.85. The fraction of sp³-hybridized carbons (Fsp3) is 0.500. The van der Waals surface area contributed by atoms with E-state index in [-0.39, 0.29) is 11.5 Å². The predicted molar refractivity (Wildman–Crippen MR) is 132 cm³/mol. The summed E-state index contributed by atoms with van der Waals surface area (Å²) in [5.74, 6) is 0.910. The Hall–Kier alpha value is -2.40. The van der Waals surface area contributed by atoms with Gasteiger partial charge in [-0.1, -0.05) is 23.7 Å². The SMILES string of the molecule is CC(C)(C)Oc1ccc(N2CCCCC2)cc1N1CCN(C(=O)c2ccccc2Cl)CC1. The lowest BCUT2D eigenvalue weighted by Crippen LogP contribution is -2.49. The predicted octanol–water partition coefficient (Wildman–Crippen LogP) is 5.47. The van der Waals surface area contributed by atoms with E-state index in [9.17, 15) is 4.79 Å². The van der Waals surface area contributed by atoms with Crippen LogP contribution in [0.5, 0.6) is 5.75 Å². The molecule has 0 spiro atoms. The van der Waals surface area contributed by atoms with Crippen molar-refractivity contribution in [2.24, 2.45) is 0 Å². The highest BCUT2D eigenvalue weighted by Crippen LogP contribution is 2.36. The lowest BCUT2D eigenvalue weighted by molar-refractivity contribution is 0.0746. The number of halogens is 1. The third-order valence-electron chi connectivity index (χ3n) is 6.09. The Bertz CT molecular complexity index is 942.